The molecule has 2 bridgehead atoms. The molecule has 0 aromatic heterocycles. The monoisotopic (exact) mass is 276 g/mol. The smallest absolute Gasteiger partial charge is 0.335 e. The first-order chi connectivity index (χ1) is 9.56. The van der Waals surface area contributed by atoms with E-state index in [0.29, 0.717) is 6.42 Å². The molecule has 4 atom stereocenters. The van der Waals surface area contributed by atoms with Crippen molar-refractivity contribution in [2.24, 2.45) is 11.8 Å². The van der Waals surface area contributed by atoms with Crippen LogP contribution in [-0.2, 0) is 16.0 Å². The van der Waals surface area contributed by atoms with Gasteiger partial charge in [-0.05, 0) is 37.0 Å². The van der Waals surface area contributed by atoms with Gasteiger partial charge in [-0.1, -0.05) is 12.1 Å². The van der Waals surface area contributed by atoms with Crippen molar-refractivity contribution in [3.63, 3.8) is 0 Å². The summed E-state index contributed by atoms with van der Waals surface area (Å²) in [4.78, 5) is 22.4. The molecule has 2 saturated heterocycles. The second-order valence-electron chi connectivity index (χ2n) is 5.53. The predicted octanol–water partition coefficient (Wildman–Crippen LogP) is 1.81. The Morgan fingerprint density at radius 2 is 1.95 bits per heavy atom. The molecule has 2 heterocycles. The Kier molecular flexibility index (Phi) is 3.22. The normalized spacial score (nSPS) is 31.4. The Morgan fingerprint density at radius 1 is 1.20 bits per heavy atom. The highest BCUT2D eigenvalue weighted by Gasteiger charge is 2.52. The second-order valence-corrected chi connectivity index (χ2v) is 5.53. The van der Waals surface area contributed by atoms with E-state index in [4.69, 9.17) is 9.84 Å². The van der Waals surface area contributed by atoms with Crippen LogP contribution in [0, 0.1) is 11.8 Å². The summed E-state index contributed by atoms with van der Waals surface area (Å²) in [7, 11) is 0. The first kappa shape index (κ1) is 13.1. The highest BCUT2D eigenvalue weighted by atomic mass is 16.5. The molecule has 2 fully saturated rings. The van der Waals surface area contributed by atoms with Gasteiger partial charge in [-0.15, -0.1) is 0 Å². The third kappa shape index (κ3) is 2.18. The maximum atomic E-state index is 11.4. The van der Waals surface area contributed by atoms with E-state index in [0.717, 1.165) is 18.4 Å². The van der Waals surface area contributed by atoms with Crippen molar-refractivity contribution >= 4 is 11.9 Å². The number of hydrogen-bond acceptors (Lipinski definition) is 3. The van der Waals surface area contributed by atoms with Gasteiger partial charge in [-0.25, -0.2) is 4.79 Å². The van der Waals surface area contributed by atoms with Crippen molar-refractivity contribution in [3.8, 4) is 0 Å². The van der Waals surface area contributed by atoms with Gasteiger partial charge in [0, 0.05) is 5.92 Å². The van der Waals surface area contributed by atoms with Crippen molar-refractivity contribution in [3.05, 3.63) is 35.4 Å². The van der Waals surface area contributed by atoms with Gasteiger partial charge in [0.25, 0.3) is 0 Å². The second kappa shape index (κ2) is 4.90. The lowest BCUT2D eigenvalue weighted by molar-refractivity contribution is -0.144. The molecule has 2 aliphatic rings. The molecule has 2 aliphatic heterocycles. The number of aliphatic carboxylic acids is 1. The molecule has 5 heteroatoms. The van der Waals surface area contributed by atoms with Gasteiger partial charge >= 0.3 is 11.9 Å². The Bertz CT molecular complexity index is 553. The number of carbonyl (C=O) groups is 2. The highest BCUT2D eigenvalue weighted by Crippen LogP contribution is 2.45. The van der Waals surface area contributed by atoms with Gasteiger partial charge in [-0.2, -0.15) is 0 Å². The average Bonchev–Trinajstić information content (AvgIpc) is 2.99. The van der Waals surface area contributed by atoms with E-state index in [1.54, 1.807) is 12.1 Å². The minimum Gasteiger partial charge on any atom is -0.481 e. The lowest BCUT2D eigenvalue weighted by Gasteiger charge is -2.24. The lowest BCUT2D eigenvalue weighted by atomic mass is 9.76. The van der Waals surface area contributed by atoms with E-state index in [2.05, 4.69) is 0 Å². The molecule has 4 unspecified atom stereocenters. The maximum Gasteiger partial charge on any atom is 0.335 e. The zero-order valence-electron chi connectivity index (χ0n) is 10.9. The van der Waals surface area contributed by atoms with Gasteiger partial charge in [0.1, 0.15) is 0 Å². The van der Waals surface area contributed by atoms with Crippen LogP contribution >= 0.6 is 0 Å². The van der Waals surface area contributed by atoms with E-state index in [1.807, 2.05) is 6.07 Å². The van der Waals surface area contributed by atoms with Gasteiger partial charge in [0.05, 0.1) is 23.7 Å². The summed E-state index contributed by atoms with van der Waals surface area (Å²) in [6, 6.07) is 6.70. The summed E-state index contributed by atoms with van der Waals surface area (Å²) >= 11 is 0. The number of carboxylic acid groups (broad SMARTS) is 2. The summed E-state index contributed by atoms with van der Waals surface area (Å²) in [5.41, 5.74) is 1.09. The van der Waals surface area contributed by atoms with Crippen molar-refractivity contribution in [1.82, 2.24) is 0 Å². The van der Waals surface area contributed by atoms with E-state index in [9.17, 15) is 14.7 Å². The SMILES string of the molecule is O=C(O)c1cccc(CC2C3CCC(O3)C2C(=O)O)c1. The maximum absolute atomic E-state index is 11.4. The van der Waals surface area contributed by atoms with Gasteiger partial charge in [0.15, 0.2) is 0 Å². The van der Waals surface area contributed by atoms with Crippen LogP contribution in [0.1, 0.15) is 28.8 Å². The Labute approximate surface area is 116 Å². The van der Waals surface area contributed by atoms with Crippen molar-refractivity contribution in [2.75, 3.05) is 0 Å². The molecule has 106 valence electrons. The fourth-order valence-electron chi connectivity index (χ4n) is 3.48. The van der Waals surface area contributed by atoms with Gasteiger partial charge < -0.3 is 14.9 Å². The average molecular weight is 276 g/mol. The largest absolute Gasteiger partial charge is 0.481 e. The molecule has 0 spiro atoms. The Balaban J connectivity index is 1.81. The topological polar surface area (TPSA) is 83.8 Å². The van der Waals surface area contributed by atoms with Crippen LogP contribution in [0.25, 0.3) is 0 Å². The van der Waals surface area contributed by atoms with Crippen molar-refractivity contribution in [2.45, 2.75) is 31.5 Å². The zero-order chi connectivity index (χ0) is 14.3. The molecule has 0 amide bonds. The lowest BCUT2D eigenvalue weighted by Crippen LogP contribution is -2.34. The van der Waals surface area contributed by atoms with Crippen LogP contribution < -0.4 is 0 Å². The molecule has 3 rings (SSSR count). The molecule has 5 nitrogen and oxygen atoms in total. The molecule has 1 aromatic carbocycles. The highest BCUT2D eigenvalue weighted by molar-refractivity contribution is 5.87. The molecule has 0 saturated carbocycles. The molecule has 0 radical (unpaired) electrons. The molecule has 0 aliphatic carbocycles. The van der Waals surface area contributed by atoms with Crippen LogP contribution in [0.2, 0.25) is 0 Å². The third-order valence-electron chi connectivity index (χ3n) is 4.36. The first-order valence-electron chi connectivity index (χ1n) is 6.77. The zero-order valence-corrected chi connectivity index (χ0v) is 10.9. The minimum absolute atomic E-state index is 0.00501. The van der Waals surface area contributed by atoms with E-state index in [-0.39, 0.29) is 23.7 Å². The Hall–Kier alpha value is -1.88. The van der Waals surface area contributed by atoms with Crippen LogP contribution in [0.3, 0.4) is 0 Å². The summed E-state index contributed by atoms with van der Waals surface area (Å²) < 4.78 is 5.71. The van der Waals surface area contributed by atoms with Crippen molar-refractivity contribution < 1.29 is 24.5 Å². The molecule has 1 aromatic rings. The summed E-state index contributed by atoms with van der Waals surface area (Å²) in [6.45, 7) is 0. The fraction of sp³-hybridized carbons (Fsp3) is 0.467. The number of fused-ring (bicyclic) bond motifs is 2. The number of carboxylic acids is 2. The quantitative estimate of drug-likeness (QED) is 0.876. The predicted molar refractivity (Wildman–Crippen MR) is 69.6 cm³/mol. The van der Waals surface area contributed by atoms with Crippen LogP contribution in [0.4, 0.5) is 0 Å². The summed E-state index contributed by atoms with van der Waals surface area (Å²) in [5.74, 6) is -2.31. The first-order valence-corrected chi connectivity index (χ1v) is 6.77. The summed E-state index contributed by atoms with van der Waals surface area (Å²) in [6.07, 6.45) is 2.09. The van der Waals surface area contributed by atoms with E-state index >= 15 is 0 Å². The number of benzene rings is 1. The minimum atomic E-state index is -0.967. The standard InChI is InChI=1S/C15H16O5/c16-14(17)9-3-1-2-8(6-9)7-10-11-4-5-12(20-11)13(10)15(18)19/h1-3,6,10-13H,4-5,7H2,(H,16,17)(H,18,19). The van der Waals surface area contributed by atoms with Gasteiger partial charge in [0.2, 0.25) is 0 Å². The Morgan fingerprint density at radius 3 is 2.65 bits per heavy atom. The van der Waals surface area contributed by atoms with E-state index < -0.39 is 17.9 Å². The number of aromatic carboxylic acids is 1. The van der Waals surface area contributed by atoms with Crippen LogP contribution in [-0.4, -0.2) is 34.4 Å². The fourth-order valence-corrected chi connectivity index (χ4v) is 3.48. The molecule has 20 heavy (non-hydrogen) atoms. The third-order valence-corrected chi connectivity index (χ3v) is 4.36. The van der Waals surface area contributed by atoms with Crippen LogP contribution in [0.5, 0.6) is 0 Å². The van der Waals surface area contributed by atoms with E-state index in [1.165, 1.54) is 6.07 Å². The number of hydrogen-bond donors (Lipinski definition) is 2. The van der Waals surface area contributed by atoms with Crippen molar-refractivity contribution in [1.29, 1.82) is 0 Å². The van der Waals surface area contributed by atoms with Gasteiger partial charge in [-0.3, -0.25) is 4.79 Å². The number of rotatable bonds is 4. The summed E-state index contributed by atoms with van der Waals surface area (Å²) in [5, 5.41) is 18.3. The number of ether oxygens (including phenoxy) is 1. The molecular weight excluding hydrogens is 260 g/mol. The molecule has 2 N–H and O–H groups in total. The van der Waals surface area contributed by atoms with Crippen LogP contribution in [0.15, 0.2) is 24.3 Å². The molecular formula is C15H16O5.